The topological polar surface area (TPSA) is 24.9 Å². The van der Waals surface area contributed by atoms with Crippen LogP contribution in [0.2, 0.25) is 5.02 Å². The van der Waals surface area contributed by atoms with E-state index >= 15 is 0 Å². The molecule has 0 fully saturated rings. The Morgan fingerprint density at radius 2 is 2.35 bits per heavy atom. The van der Waals surface area contributed by atoms with Crippen molar-refractivity contribution in [1.29, 1.82) is 0 Å². The molecule has 0 aliphatic carbocycles. The highest BCUT2D eigenvalue weighted by Crippen LogP contribution is 2.19. The highest BCUT2D eigenvalue weighted by Gasteiger charge is 2.07. The normalized spacial score (nSPS) is 12.6. The van der Waals surface area contributed by atoms with Crippen LogP contribution in [-0.2, 0) is 6.54 Å². The lowest BCUT2D eigenvalue weighted by atomic mass is 10.2. The fourth-order valence-electron chi connectivity index (χ4n) is 1.46. The molecule has 0 saturated heterocycles. The summed E-state index contributed by atoms with van der Waals surface area (Å²) in [7, 11) is 0. The van der Waals surface area contributed by atoms with Crippen molar-refractivity contribution in [1.82, 2.24) is 10.3 Å². The number of hydrogen-bond donors (Lipinski definition) is 1. The van der Waals surface area contributed by atoms with Crippen molar-refractivity contribution >= 4 is 22.9 Å². The minimum absolute atomic E-state index is 0.162. The van der Waals surface area contributed by atoms with E-state index in [2.05, 4.69) is 17.2 Å². The van der Waals surface area contributed by atoms with Gasteiger partial charge < -0.3 is 5.32 Å². The van der Waals surface area contributed by atoms with Crippen LogP contribution in [0.3, 0.4) is 0 Å². The van der Waals surface area contributed by atoms with Gasteiger partial charge in [0.2, 0.25) is 0 Å². The van der Waals surface area contributed by atoms with Gasteiger partial charge in [0, 0.05) is 23.7 Å². The van der Waals surface area contributed by atoms with E-state index in [-0.39, 0.29) is 16.9 Å². The zero-order chi connectivity index (χ0) is 12.3. The van der Waals surface area contributed by atoms with Crippen molar-refractivity contribution in [3.05, 3.63) is 51.2 Å². The first-order chi connectivity index (χ1) is 8.16. The fraction of sp³-hybridized carbons (Fsp3) is 0.250. The molecule has 1 heterocycles. The Labute approximate surface area is 108 Å². The van der Waals surface area contributed by atoms with Crippen molar-refractivity contribution in [3.63, 3.8) is 0 Å². The van der Waals surface area contributed by atoms with Crippen LogP contribution in [0.1, 0.15) is 23.4 Å². The van der Waals surface area contributed by atoms with E-state index in [0.29, 0.717) is 6.54 Å². The molecule has 1 aromatic carbocycles. The summed E-state index contributed by atoms with van der Waals surface area (Å²) in [6.45, 7) is 2.72. The lowest BCUT2D eigenvalue weighted by Gasteiger charge is -2.11. The average molecular weight is 271 g/mol. The zero-order valence-corrected chi connectivity index (χ0v) is 10.9. The molecule has 1 aromatic heterocycles. The molecule has 2 nitrogen and oxygen atoms in total. The van der Waals surface area contributed by atoms with E-state index in [1.807, 2.05) is 11.7 Å². The molecular formula is C12H12ClFN2S. The first kappa shape index (κ1) is 12.5. The van der Waals surface area contributed by atoms with Crippen molar-refractivity contribution < 1.29 is 4.39 Å². The first-order valence-electron chi connectivity index (χ1n) is 5.22. The summed E-state index contributed by atoms with van der Waals surface area (Å²) >= 11 is 7.33. The Morgan fingerprint density at radius 1 is 1.53 bits per heavy atom. The molecule has 0 bridgehead atoms. The average Bonchev–Trinajstić information content (AvgIpc) is 2.84. The predicted octanol–water partition coefficient (Wildman–Crippen LogP) is 3.79. The largest absolute Gasteiger partial charge is 0.305 e. The number of nitrogens with zero attached hydrogens (tertiary/aromatic N) is 1. The van der Waals surface area contributed by atoms with Crippen LogP contribution in [0.25, 0.3) is 0 Å². The van der Waals surface area contributed by atoms with Gasteiger partial charge in [-0.05, 0) is 24.6 Å². The van der Waals surface area contributed by atoms with E-state index in [0.717, 1.165) is 5.56 Å². The lowest BCUT2D eigenvalue weighted by Crippen LogP contribution is -2.17. The van der Waals surface area contributed by atoms with Gasteiger partial charge in [-0.15, -0.1) is 11.3 Å². The molecule has 0 aliphatic heterocycles. The number of nitrogens with one attached hydrogen (secondary N) is 1. The van der Waals surface area contributed by atoms with Gasteiger partial charge in [-0.25, -0.2) is 4.39 Å². The molecule has 0 radical (unpaired) electrons. The van der Waals surface area contributed by atoms with Crippen LogP contribution in [0.4, 0.5) is 4.39 Å². The molecule has 2 aromatic rings. The molecule has 90 valence electrons. The smallest absolute Gasteiger partial charge is 0.141 e. The van der Waals surface area contributed by atoms with Gasteiger partial charge in [-0.3, -0.25) is 4.98 Å². The van der Waals surface area contributed by atoms with E-state index < -0.39 is 0 Å². The highest BCUT2D eigenvalue weighted by atomic mass is 35.5. The van der Waals surface area contributed by atoms with E-state index in [9.17, 15) is 4.39 Å². The summed E-state index contributed by atoms with van der Waals surface area (Å²) in [5, 5.41) is 3.50. The molecule has 1 N–H and O–H groups in total. The van der Waals surface area contributed by atoms with Crippen molar-refractivity contribution in [2.75, 3.05) is 0 Å². The van der Waals surface area contributed by atoms with Gasteiger partial charge in [-0.2, -0.15) is 0 Å². The molecular weight excluding hydrogens is 259 g/mol. The quantitative estimate of drug-likeness (QED) is 0.914. The summed E-state index contributed by atoms with van der Waals surface area (Å²) in [5.41, 5.74) is 2.77. The number of halogens is 2. The molecule has 1 unspecified atom stereocenters. The zero-order valence-electron chi connectivity index (χ0n) is 9.28. The van der Waals surface area contributed by atoms with Crippen LogP contribution in [0.15, 0.2) is 29.9 Å². The fourth-order valence-corrected chi connectivity index (χ4v) is 2.32. The molecule has 17 heavy (non-hydrogen) atoms. The Kier molecular flexibility index (Phi) is 4.10. The number of aromatic nitrogens is 1. The Balaban J connectivity index is 1.96. The summed E-state index contributed by atoms with van der Waals surface area (Å²) in [4.78, 5) is 5.21. The van der Waals surface area contributed by atoms with Crippen molar-refractivity contribution in [2.45, 2.75) is 19.5 Å². The van der Waals surface area contributed by atoms with Gasteiger partial charge in [0.25, 0.3) is 0 Å². The highest BCUT2D eigenvalue weighted by molar-refractivity contribution is 7.09. The number of benzene rings is 1. The van der Waals surface area contributed by atoms with Crippen LogP contribution in [0.5, 0.6) is 0 Å². The summed E-state index contributed by atoms with van der Waals surface area (Å²) in [5.74, 6) is -0.383. The molecule has 0 saturated carbocycles. The first-order valence-corrected chi connectivity index (χ1v) is 6.48. The molecule has 0 spiro atoms. The second-order valence-corrected chi connectivity index (χ2v) is 5.08. The SMILES string of the molecule is CC(NCc1ccc(F)c(Cl)c1)c1cncs1. The van der Waals surface area contributed by atoms with Gasteiger partial charge in [0.1, 0.15) is 5.82 Å². The van der Waals surface area contributed by atoms with Gasteiger partial charge >= 0.3 is 0 Å². The van der Waals surface area contributed by atoms with E-state index in [1.165, 1.54) is 10.9 Å². The Bertz CT molecular complexity index is 487. The van der Waals surface area contributed by atoms with Gasteiger partial charge in [0.05, 0.1) is 10.5 Å². The maximum Gasteiger partial charge on any atom is 0.141 e. The second-order valence-electron chi connectivity index (χ2n) is 3.75. The minimum Gasteiger partial charge on any atom is -0.305 e. The van der Waals surface area contributed by atoms with Gasteiger partial charge in [0.15, 0.2) is 0 Å². The predicted molar refractivity (Wildman–Crippen MR) is 68.8 cm³/mol. The number of rotatable bonds is 4. The third-order valence-corrected chi connectivity index (χ3v) is 3.72. The Hall–Kier alpha value is -0.970. The van der Waals surface area contributed by atoms with Crippen LogP contribution in [-0.4, -0.2) is 4.98 Å². The lowest BCUT2D eigenvalue weighted by molar-refractivity contribution is 0.580. The molecule has 0 aliphatic rings. The standard InChI is InChI=1S/C12H12ClFN2S/c1-8(12-6-15-7-17-12)16-5-9-2-3-11(14)10(13)4-9/h2-4,6-8,16H,5H2,1H3. The second kappa shape index (κ2) is 5.58. The van der Waals surface area contributed by atoms with E-state index in [4.69, 9.17) is 11.6 Å². The molecule has 0 amide bonds. The molecule has 5 heteroatoms. The molecule has 1 atom stereocenters. The van der Waals surface area contributed by atoms with Crippen LogP contribution >= 0.6 is 22.9 Å². The summed E-state index contributed by atoms with van der Waals surface area (Å²) in [6.07, 6.45) is 1.85. The third kappa shape index (κ3) is 3.25. The monoisotopic (exact) mass is 270 g/mol. The third-order valence-electron chi connectivity index (χ3n) is 2.47. The maximum absolute atomic E-state index is 13.0. The molecule has 2 rings (SSSR count). The Morgan fingerprint density at radius 3 is 3.00 bits per heavy atom. The van der Waals surface area contributed by atoms with Crippen LogP contribution in [0, 0.1) is 5.82 Å². The summed E-state index contributed by atoms with van der Waals surface area (Å²) < 4.78 is 13.0. The maximum atomic E-state index is 13.0. The van der Waals surface area contributed by atoms with Crippen LogP contribution < -0.4 is 5.32 Å². The number of thiazole rings is 1. The van der Waals surface area contributed by atoms with Crippen molar-refractivity contribution in [3.8, 4) is 0 Å². The minimum atomic E-state index is -0.383. The van der Waals surface area contributed by atoms with Crippen molar-refractivity contribution in [2.24, 2.45) is 0 Å². The summed E-state index contributed by atoms with van der Waals surface area (Å²) in [6, 6.07) is 4.99. The van der Waals surface area contributed by atoms with E-state index in [1.54, 1.807) is 23.5 Å². The van der Waals surface area contributed by atoms with Gasteiger partial charge in [-0.1, -0.05) is 17.7 Å². The number of hydrogen-bond acceptors (Lipinski definition) is 3.